The zero-order chi connectivity index (χ0) is 9.90. The molecule has 0 unspecified atom stereocenters. The van der Waals surface area contributed by atoms with Crippen LogP contribution in [0.5, 0.6) is 0 Å². The molecule has 0 aromatic carbocycles. The molecular formula is C10H20N2O. The van der Waals surface area contributed by atoms with Crippen LogP contribution in [-0.4, -0.2) is 29.4 Å². The van der Waals surface area contributed by atoms with E-state index in [1.807, 2.05) is 18.7 Å². The fraction of sp³-hybridized carbons (Fsp3) is 0.900. The van der Waals surface area contributed by atoms with Gasteiger partial charge in [-0.3, -0.25) is 4.79 Å². The van der Waals surface area contributed by atoms with Crippen LogP contribution in [0.4, 0.5) is 0 Å². The van der Waals surface area contributed by atoms with E-state index in [0.717, 1.165) is 25.9 Å². The van der Waals surface area contributed by atoms with Gasteiger partial charge in [0.2, 0.25) is 5.91 Å². The van der Waals surface area contributed by atoms with Crippen LogP contribution in [0.25, 0.3) is 0 Å². The summed E-state index contributed by atoms with van der Waals surface area (Å²) in [6.07, 6.45) is 4.02. The van der Waals surface area contributed by atoms with E-state index in [1.54, 1.807) is 0 Å². The summed E-state index contributed by atoms with van der Waals surface area (Å²) in [5, 5.41) is 0. The number of piperidine rings is 1. The molecule has 1 aliphatic heterocycles. The van der Waals surface area contributed by atoms with Gasteiger partial charge in [-0.25, -0.2) is 0 Å². The third-order valence-corrected chi connectivity index (χ3v) is 2.32. The molecule has 0 aromatic rings. The molecule has 1 aliphatic rings. The number of amides is 1. The van der Waals surface area contributed by atoms with Gasteiger partial charge < -0.3 is 10.6 Å². The van der Waals surface area contributed by atoms with Gasteiger partial charge in [0.25, 0.3) is 0 Å². The van der Waals surface area contributed by atoms with Gasteiger partial charge in [0, 0.05) is 25.0 Å². The quantitative estimate of drug-likeness (QED) is 0.699. The maximum Gasteiger partial charge on any atom is 0.224 e. The molecule has 1 amide bonds. The highest BCUT2D eigenvalue weighted by atomic mass is 16.2. The smallest absolute Gasteiger partial charge is 0.224 e. The van der Waals surface area contributed by atoms with E-state index in [0.29, 0.717) is 6.42 Å². The van der Waals surface area contributed by atoms with Gasteiger partial charge in [-0.05, 0) is 33.1 Å². The van der Waals surface area contributed by atoms with E-state index in [2.05, 4.69) is 0 Å². The summed E-state index contributed by atoms with van der Waals surface area (Å²) in [6.45, 7) is 5.65. The minimum Gasteiger partial charge on any atom is -0.343 e. The van der Waals surface area contributed by atoms with Crippen LogP contribution in [0, 0.1) is 0 Å². The Bertz CT molecular complexity index is 178. The summed E-state index contributed by atoms with van der Waals surface area (Å²) in [5.74, 6) is 0.215. The first-order valence-corrected chi connectivity index (χ1v) is 5.06. The van der Waals surface area contributed by atoms with Crippen LogP contribution in [0.3, 0.4) is 0 Å². The lowest BCUT2D eigenvalue weighted by Crippen LogP contribution is -2.43. The lowest BCUT2D eigenvalue weighted by molar-refractivity contribution is -0.133. The molecule has 3 nitrogen and oxygen atoms in total. The molecule has 76 valence electrons. The van der Waals surface area contributed by atoms with Gasteiger partial charge in [0.15, 0.2) is 0 Å². The molecule has 1 heterocycles. The summed E-state index contributed by atoms with van der Waals surface area (Å²) in [7, 11) is 0. The number of nitrogens with zero attached hydrogens (tertiary/aromatic N) is 1. The Morgan fingerprint density at radius 3 is 2.31 bits per heavy atom. The van der Waals surface area contributed by atoms with E-state index >= 15 is 0 Å². The van der Waals surface area contributed by atoms with E-state index in [-0.39, 0.29) is 11.4 Å². The molecule has 2 N–H and O–H groups in total. The summed E-state index contributed by atoms with van der Waals surface area (Å²) in [5.41, 5.74) is 5.43. The lowest BCUT2D eigenvalue weighted by atomic mass is 10.0. The number of hydrogen-bond acceptors (Lipinski definition) is 2. The Morgan fingerprint density at radius 2 is 1.85 bits per heavy atom. The molecule has 1 saturated heterocycles. The zero-order valence-corrected chi connectivity index (χ0v) is 8.68. The second-order valence-electron chi connectivity index (χ2n) is 4.61. The minimum atomic E-state index is -0.367. The Kier molecular flexibility index (Phi) is 3.31. The van der Waals surface area contributed by atoms with Crippen molar-refractivity contribution >= 4 is 5.91 Å². The van der Waals surface area contributed by atoms with Crippen molar-refractivity contribution in [2.24, 2.45) is 5.73 Å². The molecule has 13 heavy (non-hydrogen) atoms. The molecule has 1 rings (SSSR count). The van der Waals surface area contributed by atoms with Crippen LogP contribution >= 0.6 is 0 Å². The molecule has 1 fully saturated rings. The molecule has 0 aliphatic carbocycles. The number of rotatable bonds is 2. The second kappa shape index (κ2) is 4.09. The van der Waals surface area contributed by atoms with Crippen molar-refractivity contribution in [2.75, 3.05) is 13.1 Å². The third-order valence-electron chi connectivity index (χ3n) is 2.32. The zero-order valence-electron chi connectivity index (χ0n) is 8.68. The average Bonchev–Trinajstić information content (AvgIpc) is 2.03. The monoisotopic (exact) mass is 184 g/mol. The van der Waals surface area contributed by atoms with Crippen molar-refractivity contribution in [2.45, 2.75) is 45.1 Å². The Morgan fingerprint density at radius 1 is 1.31 bits per heavy atom. The standard InChI is InChI=1S/C10H20N2O/c1-10(2,11)8-9(13)12-6-4-3-5-7-12/h3-8,11H2,1-2H3. The van der Waals surface area contributed by atoms with E-state index in [1.165, 1.54) is 6.42 Å². The van der Waals surface area contributed by atoms with Gasteiger partial charge in [-0.15, -0.1) is 0 Å². The summed E-state index contributed by atoms with van der Waals surface area (Å²) in [6, 6.07) is 0. The third kappa shape index (κ3) is 3.77. The van der Waals surface area contributed by atoms with Crippen molar-refractivity contribution in [1.82, 2.24) is 4.90 Å². The molecule has 0 radical (unpaired) electrons. The van der Waals surface area contributed by atoms with Crippen LogP contribution < -0.4 is 5.73 Å². The maximum absolute atomic E-state index is 11.7. The fourth-order valence-corrected chi connectivity index (χ4v) is 1.64. The van der Waals surface area contributed by atoms with Gasteiger partial charge in [-0.1, -0.05) is 0 Å². The largest absolute Gasteiger partial charge is 0.343 e. The Labute approximate surface area is 80.3 Å². The first-order chi connectivity index (χ1) is 5.99. The molecule has 0 saturated carbocycles. The predicted octanol–water partition coefficient (Wildman–Crippen LogP) is 1.13. The highest BCUT2D eigenvalue weighted by Gasteiger charge is 2.22. The number of nitrogens with two attached hydrogens (primary N) is 1. The molecule has 0 atom stereocenters. The van der Waals surface area contributed by atoms with Crippen molar-refractivity contribution < 1.29 is 4.79 Å². The Hall–Kier alpha value is -0.570. The summed E-state index contributed by atoms with van der Waals surface area (Å²) < 4.78 is 0. The van der Waals surface area contributed by atoms with Crippen molar-refractivity contribution in [3.8, 4) is 0 Å². The number of likely N-dealkylation sites (tertiary alicyclic amines) is 1. The molecule has 0 spiro atoms. The van der Waals surface area contributed by atoms with E-state index < -0.39 is 0 Å². The molecular weight excluding hydrogens is 164 g/mol. The lowest BCUT2D eigenvalue weighted by Gasteiger charge is -2.29. The van der Waals surface area contributed by atoms with Gasteiger partial charge in [0.1, 0.15) is 0 Å². The average molecular weight is 184 g/mol. The summed E-state index contributed by atoms with van der Waals surface area (Å²) in [4.78, 5) is 13.6. The Balaban J connectivity index is 2.38. The van der Waals surface area contributed by atoms with Crippen LogP contribution in [0.1, 0.15) is 39.5 Å². The van der Waals surface area contributed by atoms with Gasteiger partial charge in [-0.2, -0.15) is 0 Å². The highest BCUT2D eigenvalue weighted by molar-refractivity contribution is 5.77. The van der Waals surface area contributed by atoms with Crippen molar-refractivity contribution in [3.63, 3.8) is 0 Å². The number of hydrogen-bond donors (Lipinski definition) is 1. The first-order valence-electron chi connectivity index (χ1n) is 5.06. The molecule has 0 bridgehead atoms. The van der Waals surface area contributed by atoms with Crippen molar-refractivity contribution in [1.29, 1.82) is 0 Å². The highest BCUT2D eigenvalue weighted by Crippen LogP contribution is 2.13. The fourth-order valence-electron chi connectivity index (χ4n) is 1.64. The predicted molar refractivity (Wildman–Crippen MR) is 53.3 cm³/mol. The summed E-state index contributed by atoms with van der Waals surface area (Å²) >= 11 is 0. The van der Waals surface area contributed by atoms with Crippen LogP contribution in [0.15, 0.2) is 0 Å². The normalized spacial score (nSPS) is 18.8. The number of carbonyl (C=O) groups is 1. The van der Waals surface area contributed by atoms with E-state index in [4.69, 9.17) is 5.73 Å². The first kappa shape index (κ1) is 10.5. The minimum absolute atomic E-state index is 0.215. The van der Waals surface area contributed by atoms with Gasteiger partial charge in [0.05, 0.1) is 0 Å². The second-order valence-corrected chi connectivity index (χ2v) is 4.61. The molecule has 3 heteroatoms. The SMILES string of the molecule is CC(C)(N)CC(=O)N1CCCCC1. The van der Waals surface area contributed by atoms with Crippen LogP contribution in [-0.2, 0) is 4.79 Å². The van der Waals surface area contributed by atoms with Gasteiger partial charge >= 0.3 is 0 Å². The van der Waals surface area contributed by atoms with Crippen molar-refractivity contribution in [3.05, 3.63) is 0 Å². The number of carbonyl (C=O) groups excluding carboxylic acids is 1. The van der Waals surface area contributed by atoms with E-state index in [9.17, 15) is 4.79 Å². The maximum atomic E-state index is 11.7. The van der Waals surface area contributed by atoms with Crippen LogP contribution in [0.2, 0.25) is 0 Å². The topological polar surface area (TPSA) is 46.3 Å². The molecule has 0 aromatic heterocycles.